The standard InChI is InChI=1S/C11H8FNO3/c12-8-3-1-2-7-9(8)13(4-6-5-16-6)11(15)10(7)14/h1-3,6H,4-5H2. The van der Waals surface area contributed by atoms with Crippen LogP contribution in [0.1, 0.15) is 10.4 Å². The zero-order valence-corrected chi connectivity index (χ0v) is 8.27. The fourth-order valence-corrected chi connectivity index (χ4v) is 1.86. The highest BCUT2D eigenvalue weighted by Gasteiger charge is 2.40. The number of Topliss-reactive ketones (excluding diaryl/α,β-unsaturated/α-hetero) is 1. The maximum atomic E-state index is 13.6. The highest BCUT2D eigenvalue weighted by atomic mass is 19.1. The van der Waals surface area contributed by atoms with Crippen LogP contribution in [0.4, 0.5) is 10.1 Å². The van der Waals surface area contributed by atoms with Gasteiger partial charge in [0.2, 0.25) is 0 Å². The van der Waals surface area contributed by atoms with Crippen LogP contribution < -0.4 is 4.90 Å². The van der Waals surface area contributed by atoms with Gasteiger partial charge in [0.15, 0.2) is 0 Å². The summed E-state index contributed by atoms with van der Waals surface area (Å²) in [5.74, 6) is -1.86. The Hall–Kier alpha value is -1.75. The Morgan fingerprint density at radius 3 is 2.88 bits per heavy atom. The second kappa shape index (κ2) is 3.12. The van der Waals surface area contributed by atoms with Crippen LogP contribution in [0.2, 0.25) is 0 Å². The maximum absolute atomic E-state index is 13.6. The fraction of sp³-hybridized carbons (Fsp3) is 0.273. The topological polar surface area (TPSA) is 49.9 Å². The van der Waals surface area contributed by atoms with Crippen LogP contribution in [0.3, 0.4) is 0 Å². The Bertz CT molecular complexity index is 496. The van der Waals surface area contributed by atoms with Crippen molar-refractivity contribution >= 4 is 17.4 Å². The minimum Gasteiger partial charge on any atom is -0.371 e. The normalized spacial score (nSPS) is 22.6. The molecule has 1 saturated heterocycles. The molecule has 0 bridgehead atoms. The van der Waals surface area contributed by atoms with Crippen molar-refractivity contribution in [2.24, 2.45) is 0 Å². The molecule has 16 heavy (non-hydrogen) atoms. The second-order valence-electron chi connectivity index (χ2n) is 3.84. The van der Waals surface area contributed by atoms with Gasteiger partial charge in [0.25, 0.3) is 11.7 Å². The summed E-state index contributed by atoms with van der Waals surface area (Å²) in [5.41, 5.74) is 0.235. The SMILES string of the molecule is O=C1C(=O)N(CC2CO2)c2c(F)cccc21. The molecule has 0 saturated carbocycles. The number of epoxide rings is 1. The fourth-order valence-electron chi connectivity index (χ4n) is 1.86. The van der Waals surface area contributed by atoms with Gasteiger partial charge in [-0.15, -0.1) is 0 Å². The molecule has 5 heteroatoms. The van der Waals surface area contributed by atoms with Crippen molar-refractivity contribution in [3.05, 3.63) is 29.6 Å². The van der Waals surface area contributed by atoms with E-state index in [0.717, 1.165) is 0 Å². The van der Waals surface area contributed by atoms with Crippen LogP contribution in [-0.4, -0.2) is 30.9 Å². The summed E-state index contributed by atoms with van der Waals surface area (Å²) in [6, 6.07) is 4.13. The van der Waals surface area contributed by atoms with Crippen LogP contribution in [0.25, 0.3) is 0 Å². The Morgan fingerprint density at radius 1 is 1.44 bits per heavy atom. The molecule has 4 nitrogen and oxygen atoms in total. The quantitative estimate of drug-likeness (QED) is 0.547. The summed E-state index contributed by atoms with van der Waals surface area (Å²) >= 11 is 0. The molecule has 0 N–H and O–H groups in total. The summed E-state index contributed by atoms with van der Waals surface area (Å²) < 4.78 is 18.6. The first-order valence-electron chi connectivity index (χ1n) is 4.95. The Balaban J connectivity index is 2.07. The minimum absolute atomic E-state index is 0.0673. The number of para-hydroxylation sites is 1. The molecular formula is C11H8FNO3. The number of hydrogen-bond acceptors (Lipinski definition) is 3. The number of carbonyl (C=O) groups excluding carboxylic acids is 2. The smallest absolute Gasteiger partial charge is 0.299 e. The molecule has 0 aromatic heterocycles. The minimum atomic E-state index is -0.671. The van der Waals surface area contributed by atoms with Crippen molar-refractivity contribution in [3.8, 4) is 0 Å². The van der Waals surface area contributed by atoms with E-state index in [1.807, 2.05) is 0 Å². The molecule has 1 fully saturated rings. The average molecular weight is 221 g/mol. The number of ketones is 1. The van der Waals surface area contributed by atoms with E-state index in [1.165, 1.54) is 23.1 Å². The third kappa shape index (κ3) is 1.25. The number of hydrogen-bond donors (Lipinski definition) is 0. The van der Waals surface area contributed by atoms with E-state index >= 15 is 0 Å². The van der Waals surface area contributed by atoms with E-state index in [-0.39, 0.29) is 23.9 Å². The number of ether oxygens (including phenoxy) is 1. The molecule has 82 valence electrons. The van der Waals surface area contributed by atoms with Gasteiger partial charge in [-0.25, -0.2) is 4.39 Å². The Kier molecular flexibility index (Phi) is 1.85. The highest BCUT2D eigenvalue weighted by molar-refractivity contribution is 6.52. The molecule has 1 aromatic rings. The summed E-state index contributed by atoms with van der Waals surface area (Å²) in [5, 5.41) is 0. The predicted molar refractivity (Wildman–Crippen MR) is 52.8 cm³/mol. The molecule has 1 atom stereocenters. The monoisotopic (exact) mass is 221 g/mol. The molecule has 2 aliphatic rings. The van der Waals surface area contributed by atoms with Crippen molar-refractivity contribution < 1.29 is 18.7 Å². The number of amides is 1. The number of rotatable bonds is 2. The van der Waals surface area contributed by atoms with E-state index < -0.39 is 17.5 Å². The van der Waals surface area contributed by atoms with Gasteiger partial charge in [-0.05, 0) is 12.1 Å². The number of nitrogens with zero attached hydrogens (tertiary/aromatic N) is 1. The van der Waals surface area contributed by atoms with E-state index in [0.29, 0.717) is 6.61 Å². The van der Waals surface area contributed by atoms with Crippen molar-refractivity contribution in [1.29, 1.82) is 0 Å². The third-order valence-corrected chi connectivity index (χ3v) is 2.73. The van der Waals surface area contributed by atoms with Gasteiger partial charge in [0.05, 0.1) is 30.5 Å². The zero-order chi connectivity index (χ0) is 11.3. The first kappa shape index (κ1) is 9.47. The van der Waals surface area contributed by atoms with Gasteiger partial charge in [-0.1, -0.05) is 6.07 Å². The maximum Gasteiger partial charge on any atom is 0.299 e. The summed E-state index contributed by atoms with van der Waals surface area (Å²) in [7, 11) is 0. The van der Waals surface area contributed by atoms with E-state index in [1.54, 1.807) is 0 Å². The number of carbonyl (C=O) groups is 2. The summed E-state index contributed by atoms with van der Waals surface area (Å²) in [6.07, 6.45) is -0.0673. The van der Waals surface area contributed by atoms with Crippen molar-refractivity contribution in [1.82, 2.24) is 0 Å². The van der Waals surface area contributed by atoms with Crippen molar-refractivity contribution in [3.63, 3.8) is 0 Å². The van der Waals surface area contributed by atoms with E-state index in [4.69, 9.17) is 4.74 Å². The van der Waals surface area contributed by atoms with Gasteiger partial charge in [0, 0.05) is 0 Å². The Labute approximate surface area is 90.6 Å². The van der Waals surface area contributed by atoms with E-state index in [2.05, 4.69) is 0 Å². The van der Waals surface area contributed by atoms with E-state index in [9.17, 15) is 14.0 Å². The molecule has 1 aromatic carbocycles. The van der Waals surface area contributed by atoms with Gasteiger partial charge < -0.3 is 4.74 Å². The van der Waals surface area contributed by atoms with Gasteiger partial charge in [0.1, 0.15) is 5.82 Å². The lowest BCUT2D eigenvalue weighted by atomic mass is 10.1. The Morgan fingerprint density at radius 2 is 2.19 bits per heavy atom. The van der Waals surface area contributed by atoms with Gasteiger partial charge in [-0.2, -0.15) is 0 Å². The van der Waals surface area contributed by atoms with Gasteiger partial charge in [-0.3, -0.25) is 14.5 Å². The molecule has 0 radical (unpaired) electrons. The number of benzene rings is 1. The predicted octanol–water partition coefficient (Wildman–Crippen LogP) is 0.754. The lowest BCUT2D eigenvalue weighted by Crippen LogP contribution is -2.33. The van der Waals surface area contributed by atoms with Crippen molar-refractivity contribution in [2.45, 2.75) is 6.10 Å². The van der Waals surface area contributed by atoms with Crippen LogP contribution in [0.15, 0.2) is 18.2 Å². The number of anilines is 1. The first-order valence-corrected chi connectivity index (χ1v) is 4.95. The summed E-state index contributed by atoms with van der Waals surface area (Å²) in [6.45, 7) is 0.806. The van der Waals surface area contributed by atoms with Crippen LogP contribution >= 0.6 is 0 Å². The molecule has 2 aliphatic heterocycles. The molecule has 1 unspecified atom stereocenters. The summed E-state index contributed by atoms with van der Waals surface area (Å²) in [4.78, 5) is 24.4. The van der Waals surface area contributed by atoms with Crippen LogP contribution in [0.5, 0.6) is 0 Å². The molecular weight excluding hydrogens is 213 g/mol. The van der Waals surface area contributed by atoms with Crippen LogP contribution in [-0.2, 0) is 9.53 Å². The molecule has 2 heterocycles. The van der Waals surface area contributed by atoms with Crippen LogP contribution in [0, 0.1) is 5.82 Å². The lowest BCUT2D eigenvalue weighted by molar-refractivity contribution is -0.114. The zero-order valence-electron chi connectivity index (χ0n) is 8.27. The first-order chi connectivity index (χ1) is 7.68. The lowest BCUT2D eigenvalue weighted by Gasteiger charge is -2.15. The molecule has 1 amide bonds. The molecule has 3 rings (SSSR count). The van der Waals surface area contributed by atoms with Crippen molar-refractivity contribution in [2.75, 3.05) is 18.1 Å². The largest absolute Gasteiger partial charge is 0.371 e. The second-order valence-corrected chi connectivity index (χ2v) is 3.84. The molecule has 0 spiro atoms. The average Bonchev–Trinajstić information content (AvgIpc) is 3.04. The highest BCUT2D eigenvalue weighted by Crippen LogP contribution is 2.32. The number of halogens is 1. The molecule has 0 aliphatic carbocycles. The number of fused-ring (bicyclic) bond motifs is 1. The third-order valence-electron chi connectivity index (χ3n) is 2.73. The van der Waals surface area contributed by atoms with Gasteiger partial charge >= 0.3 is 0 Å².